The predicted octanol–water partition coefficient (Wildman–Crippen LogP) is 5.09. The third-order valence-corrected chi connectivity index (χ3v) is 5.21. The van der Waals surface area contributed by atoms with E-state index in [0.29, 0.717) is 5.02 Å². The van der Waals surface area contributed by atoms with E-state index in [9.17, 15) is 4.39 Å². The second-order valence-electron chi connectivity index (χ2n) is 6.85. The Balaban J connectivity index is 1.62. The van der Waals surface area contributed by atoms with Crippen LogP contribution < -0.4 is 4.84 Å². The number of aromatic nitrogens is 1. The number of hydrogen-bond acceptors (Lipinski definition) is 2. The summed E-state index contributed by atoms with van der Waals surface area (Å²) in [5.74, 6) is -0.233. The molecule has 1 atom stereocenters. The van der Waals surface area contributed by atoms with Gasteiger partial charge in [-0.15, -0.1) is 0 Å². The van der Waals surface area contributed by atoms with Crippen molar-refractivity contribution in [2.45, 2.75) is 25.4 Å². The van der Waals surface area contributed by atoms with E-state index in [1.807, 2.05) is 42.6 Å². The lowest BCUT2D eigenvalue weighted by Gasteiger charge is -2.30. The lowest BCUT2D eigenvalue weighted by atomic mass is 10.1. The van der Waals surface area contributed by atoms with Crippen molar-refractivity contribution in [1.82, 2.24) is 9.63 Å². The Hall–Kier alpha value is -2.04. The molecule has 0 radical (unpaired) electrons. The quantitative estimate of drug-likeness (QED) is 0.620. The summed E-state index contributed by atoms with van der Waals surface area (Å²) >= 11 is 6.16. The molecule has 1 saturated heterocycles. The monoisotopic (exact) mass is 372 g/mol. The van der Waals surface area contributed by atoms with Crippen molar-refractivity contribution in [3.05, 3.63) is 71.1 Å². The van der Waals surface area contributed by atoms with Gasteiger partial charge in [0, 0.05) is 23.2 Å². The molecule has 0 aliphatic carbocycles. The van der Waals surface area contributed by atoms with Crippen LogP contribution in [0.1, 0.15) is 30.9 Å². The van der Waals surface area contributed by atoms with Crippen molar-refractivity contribution in [2.75, 3.05) is 19.6 Å². The molecule has 0 spiro atoms. The zero-order valence-corrected chi connectivity index (χ0v) is 15.3. The molecule has 1 aromatic heterocycles. The zero-order valence-electron chi connectivity index (χ0n) is 14.6. The Morgan fingerprint density at radius 3 is 2.54 bits per heavy atom. The SMILES string of the molecule is Fc1ccc(C(CN2CCCCC2)On2ccc3ccc(Cl)cc32)cc1. The Bertz CT molecular complexity index is 871. The third kappa shape index (κ3) is 3.87. The second kappa shape index (κ2) is 7.68. The first-order valence-electron chi connectivity index (χ1n) is 9.11. The van der Waals surface area contributed by atoms with Gasteiger partial charge in [0.2, 0.25) is 0 Å². The van der Waals surface area contributed by atoms with Gasteiger partial charge in [0.15, 0.2) is 6.10 Å². The molecule has 0 N–H and O–H groups in total. The molecule has 2 heterocycles. The molecule has 1 aliphatic heterocycles. The van der Waals surface area contributed by atoms with Crippen LogP contribution in [0.5, 0.6) is 0 Å². The van der Waals surface area contributed by atoms with Crippen molar-refractivity contribution in [3.63, 3.8) is 0 Å². The van der Waals surface area contributed by atoms with E-state index in [2.05, 4.69) is 4.90 Å². The predicted molar refractivity (Wildman–Crippen MR) is 103 cm³/mol. The van der Waals surface area contributed by atoms with Crippen molar-refractivity contribution < 1.29 is 9.23 Å². The van der Waals surface area contributed by atoms with E-state index in [1.165, 1.54) is 31.4 Å². The first kappa shape index (κ1) is 17.4. The first-order chi connectivity index (χ1) is 12.7. The fourth-order valence-electron chi connectivity index (χ4n) is 3.56. The zero-order chi connectivity index (χ0) is 17.9. The number of piperidine rings is 1. The fourth-order valence-corrected chi connectivity index (χ4v) is 3.73. The van der Waals surface area contributed by atoms with E-state index in [1.54, 1.807) is 4.73 Å². The molecular weight excluding hydrogens is 351 g/mol. The van der Waals surface area contributed by atoms with Crippen LogP contribution >= 0.6 is 11.6 Å². The highest BCUT2D eigenvalue weighted by Crippen LogP contribution is 2.24. The second-order valence-corrected chi connectivity index (χ2v) is 7.29. The minimum atomic E-state index is -0.233. The molecule has 0 amide bonds. The third-order valence-electron chi connectivity index (χ3n) is 4.97. The van der Waals surface area contributed by atoms with Crippen molar-refractivity contribution >= 4 is 22.5 Å². The summed E-state index contributed by atoms with van der Waals surface area (Å²) in [4.78, 5) is 8.77. The first-order valence-corrected chi connectivity index (χ1v) is 9.48. The minimum absolute atomic E-state index is 0.178. The lowest BCUT2D eigenvalue weighted by molar-refractivity contribution is 0.0149. The molecule has 3 nitrogen and oxygen atoms in total. The van der Waals surface area contributed by atoms with E-state index in [0.717, 1.165) is 36.1 Å². The number of hydrogen-bond donors (Lipinski definition) is 0. The van der Waals surface area contributed by atoms with E-state index < -0.39 is 0 Å². The van der Waals surface area contributed by atoms with Crippen LogP contribution in [0.2, 0.25) is 5.02 Å². The van der Waals surface area contributed by atoms with Gasteiger partial charge in [-0.1, -0.05) is 36.2 Å². The number of likely N-dealkylation sites (tertiary alicyclic amines) is 1. The molecule has 0 saturated carbocycles. The van der Waals surface area contributed by atoms with Gasteiger partial charge in [0.25, 0.3) is 0 Å². The number of rotatable bonds is 5. The van der Waals surface area contributed by atoms with Gasteiger partial charge in [0.05, 0.1) is 5.52 Å². The summed E-state index contributed by atoms with van der Waals surface area (Å²) in [7, 11) is 0. The van der Waals surface area contributed by atoms with Gasteiger partial charge in [-0.25, -0.2) is 4.39 Å². The number of fused-ring (bicyclic) bond motifs is 1. The highest BCUT2D eigenvalue weighted by atomic mass is 35.5. The summed E-state index contributed by atoms with van der Waals surface area (Å²) in [5.41, 5.74) is 1.91. The van der Waals surface area contributed by atoms with Gasteiger partial charge in [0.1, 0.15) is 5.82 Å². The van der Waals surface area contributed by atoms with Crippen LogP contribution in [0.15, 0.2) is 54.7 Å². The van der Waals surface area contributed by atoms with Crippen LogP contribution in [0.25, 0.3) is 10.9 Å². The van der Waals surface area contributed by atoms with E-state index in [4.69, 9.17) is 16.4 Å². The fraction of sp³-hybridized carbons (Fsp3) is 0.333. The van der Waals surface area contributed by atoms with Gasteiger partial charge >= 0.3 is 0 Å². The topological polar surface area (TPSA) is 17.4 Å². The Kier molecular flexibility index (Phi) is 5.14. The van der Waals surface area contributed by atoms with Gasteiger partial charge in [-0.2, -0.15) is 4.73 Å². The summed E-state index contributed by atoms with van der Waals surface area (Å²) in [5, 5.41) is 1.75. The molecule has 26 heavy (non-hydrogen) atoms. The summed E-state index contributed by atoms with van der Waals surface area (Å²) in [6, 6.07) is 14.4. The van der Waals surface area contributed by atoms with E-state index >= 15 is 0 Å². The number of nitrogens with zero attached hydrogens (tertiary/aromatic N) is 2. The summed E-state index contributed by atoms with van der Waals surface area (Å²) in [6.45, 7) is 2.95. The minimum Gasteiger partial charge on any atom is -0.404 e. The standard InChI is InChI=1S/C21H22ClFN2O/c22-18-7-4-16-10-13-25(20(16)14-18)26-21(15-24-11-2-1-3-12-24)17-5-8-19(23)9-6-17/h4-10,13-14,21H,1-3,11-12,15H2. The molecule has 136 valence electrons. The van der Waals surface area contributed by atoms with Crippen LogP contribution in [0, 0.1) is 5.82 Å². The van der Waals surface area contributed by atoms with Crippen LogP contribution in [0.3, 0.4) is 0 Å². The molecule has 4 rings (SSSR count). The molecule has 1 aliphatic rings. The highest BCUT2D eigenvalue weighted by molar-refractivity contribution is 6.31. The summed E-state index contributed by atoms with van der Waals surface area (Å²) in [6.07, 6.45) is 5.46. The van der Waals surface area contributed by atoms with Crippen LogP contribution in [-0.4, -0.2) is 29.3 Å². The van der Waals surface area contributed by atoms with E-state index in [-0.39, 0.29) is 11.9 Å². The Morgan fingerprint density at radius 1 is 1.00 bits per heavy atom. The van der Waals surface area contributed by atoms with Crippen LogP contribution in [-0.2, 0) is 0 Å². The normalized spacial score (nSPS) is 16.7. The largest absolute Gasteiger partial charge is 0.404 e. The summed E-state index contributed by atoms with van der Waals surface area (Å²) < 4.78 is 15.1. The van der Waals surface area contributed by atoms with Crippen molar-refractivity contribution in [3.8, 4) is 0 Å². The maximum Gasteiger partial charge on any atom is 0.163 e. The number of halogens is 2. The maximum absolute atomic E-state index is 13.4. The smallest absolute Gasteiger partial charge is 0.163 e. The molecule has 2 aromatic carbocycles. The maximum atomic E-state index is 13.4. The molecule has 0 bridgehead atoms. The van der Waals surface area contributed by atoms with Crippen molar-refractivity contribution in [2.24, 2.45) is 0 Å². The molecular formula is C21H22ClFN2O. The lowest BCUT2D eigenvalue weighted by Crippen LogP contribution is -2.36. The average molecular weight is 373 g/mol. The van der Waals surface area contributed by atoms with Crippen LogP contribution in [0.4, 0.5) is 4.39 Å². The Morgan fingerprint density at radius 2 is 1.77 bits per heavy atom. The van der Waals surface area contributed by atoms with Gasteiger partial charge in [-0.05, 0) is 61.8 Å². The van der Waals surface area contributed by atoms with Crippen molar-refractivity contribution in [1.29, 1.82) is 0 Å². The molecule has 1 unspecified atom stereocenters. The molecule has 1 fully saturated rings. The number of benzene rings is 2. The highest BCUT2D eigenvalue weighted by Gasteiger charge is 2.21. The average Bonchev–Trinajstić information content (AvgIpc) is 3.05. The Labute approximate surface area is 157 Å². The van der Waals surface area contributed by atoms with Gasteiger partial charge < -0.3 is 4.84 Å². The molecule has 3 aromatic rings. The van der Waals surface area contributed by atoms with Gasteiger partial charge in [-0.3, -0.25) is 4.90 Å². The molecule has 5 heteroatoms.